The average Bonchev–Trinajstić information content (AvgIpc) is 2.61. The number of hydrogen-bond acceptors (Lipinski definition) is 8. The minimum absolute atomic E-state index is 0.0574. The normalized spacial score (nSPS) is 12.7. The van der Waals surface area contributed by atoms with E-state index in [2.05, 4.69) is 32.9 Å². The number of benzene rings is 1. The van der Waals surface area contributed by atoms with Gasteiger partial charge in [0.05, 0.1) is 25.7 Å². The van der Waals surface area contributed by atoms with Crippen LogP contribution in [-0.4, -0.2) is 66.8 Å². The molecule has 0 aromatic heterocycles. The molecule has 0 N–H and O–H groups in total. The van der Waals surface area contributed by atoms with Gasteiger partial charge in [-0.25, -0.2) is 0 Å². The third-order valence-corrected chi connectivity index (χ3v) is 6.90. The van der Waals surface area contributed by atoms with E-state index in [0.29, 0.717) is 25.7 Å². The van der Waals surface area contributed by atoms with Gasteiger partial charge in [0.25, 0.3) is 25.5 Å². The van der Waals surface area contributed by atoms with Gasteiger partial charge in [0.2, 0.25) is 0 Å². The predicted octanol–water partition coefficient (Wildman–Crippen LogP) is 3.58. The molecule has 0 heterocycles. The topological polar surface area (TPSA) is 107 Å². The molecule has 0 saturated heterocycles. The Balaban J connectivity index is 3.28. The fourth-order valence-corrected chi connectivity index (χ4v) is 4.60. The molecule has 8 nitrogen and oxygen atoms in total. The summed E-state index contributed by atoms with van der Waals surface area (Å²) in [5, 5.41) is -0.129. The summed E-state index contributed by atoms with van der Waals surface area (Å²) >= 11 is 1.12. The third-order valence-electron chi connectivity index (χ3n) is 4.44. The molecule has 0 bridgehead atoms. The first-order valence-corrected chi connectivity index (χ1v) is 14.7. The fraction of sp³-hybridized carbons (Fsp3) is 0.667. The van der Waals surface area contributed by atoms with E-state index in [4.69, 9.17) is 8.37 Å². The zero-order valence-electron chi connectivity index (χ0n) is 19.9. The number of rotatable bonds is 11. The van der Waals surface area contributed by atoms with E-state index in [1.807, 2.05) is 0 Å². The molecule has 1 rings (SSSR count). The number of nitrogens with zero attached hydrogens (tertiary/aromatic N) is 1. The van der Waals surface area contributed by atoms with Crippen molar-refractivity contribution in [1.82, 2.24) is 4.90 Å². The lowest BCUT2D eigenvalue weighted by atomic mass is 9.84. The SMILES string of the molecule is CN(C)C(=O)Sc1c(CCCOS(C)(=O)=O)cc(C(C)(C)C)cc1CCCOS(C)(=O)=O. The maximum atomic E-state index is 12.5. The number of thioether (sulfide) groups is 1. The summed E-state index contributed by atoms with van der Waals surface area (Å²) in [7, 11) is -3.67. The van der Waals surface area contributed by atoms with E-state index in [0.717, 1.165) is 45.9 Å². The molecule has 0 fully saturated rings. The van der Waals surface area contributed by atoms with Gasteiger partial charge in [-0.05, 0) is 59.6 Å². The number of amides is 1. The van der Waals surface area contributed by atoms with Crippen molar-refractivity contribution in [2.24, 2.45) is 0 Å². The number of carbonyl (C=O) groups is 1. The van der Waals surface area contributed by atoms with Crippen LogP contribution in [0.1, 0.15) is 50.3 Å². The van der Waals surface area contributed by atoms with Gasteiger partial charge in [-0.3, -0.25) is 13.2 Å². The highest BCUT2D eigenvalue weighted by Gasteiger charge is 2.21. The van der Waals surface area contributed by atoms with Gasteiger partial charge in [-0.2, -0.15) is 16.8 Å². The molecule has 0 aliphatic rings. The minimum Gasteiger partial charge on any atom is -0.339 e. The molecule has 0 aliphatic heterocycles. The molecule has 0 aliphatic carbocycles. The Bertz CT molecular complexity index is 934. The van der Waals surface area contributed by atoms with Crippen LogP contribution in [0.2, 0.25) is 0 Å². The predicted molar refractivity (Wildman–Crippen MR) is 128 cm³/mol. The maximum Gasteiger partial charge on any atom is 0.285 e. The van der Waals surface area contributed by atoms with E-state index < -0.39 is 20.2 Å². The summed E-state index contributed by atoms with van der Waals surface area (Å²) in [6.45, 7) is 6.39. The van der Waals surface area contributed by atoms with Gasteiger partial charge in [0.15, 0.2) is 0 Å². The Hall–Kier alpha value is -1.14. The minimum atomic E-state index is -3.51. The van der Waals surface area contributed by atoms with Crippen LogP contribution < -0.4 is 0 Å². The zero-order valence-corrected chi connectivity index (χ0v) is 22.4. The molecule has 1 aromatic rings. The van der Waals surface area contributed by atoms with Crippen LogP contribution in [-0.2, 0) is 46.9 Å². The largest absolute Gasteiger partial charge is 0.339 e. The number of carbonyl (C=O) groups excluding carboxylic acids is 1. The van der Waals surface area contributed by atoms with E-state index >= 15 is 0 Å². The van der Waals surface area contributed by atoms with E-state index in [9.17, 15) is 21.6 Å². The smallest absolute Gasteiger partial charge is 0.285 e. The third kappa shape index (κ3) is 11.1. The van der Waals surface area contributed by atoms with Crippen LogP contribution in [0.4, 0.5) is 4.79 Å². The van der Waals surface area contributed by atoms with Crippen LogP contribution in [0.15, 0.2) is 17.0 Å². The Morgan fingerprint density at radius 2 is 1.31 bits per heavy atom. The molecule has 32 heavy (non-hydrogen) atoms. The van der Waals surface area contributed by atoms with Crippen LogP contribution in [0.3, 0.4) is 0 Å². The Labute approximate surface area is 197 Å². The molecule has 184 valence electrons. The second-order valence-corrected chi connectivity index (χ2v) is 13.1. The molecule has 1 aromatic carbocycles. The first-order valence-electron chi connectivity index (χ1n) is 10.2. The first-order chi connectivity index (χ1) is 14.5. The highest BCUT2D eigenvalue weighted by atomic mass is 32.2. The molecule has 1 amide bonds. The average molecular weight is 510 g/mol. The zero-order chi connectivity index (χ0) is 24.7. The van der Waals surface area contributed by atoms with Gasteiger partial charge in [0.1, 0.15) is 0 Å². The molecule has 0 unspecified atom stereocenters. The first kappa shape index (κ1) is 28.9. The van der Waals surface area contributed by atoms with Crippen molar-refractivity contribution < 1.29 is 30.0 Å². The van der Waals surface area contributed by atoms with Crippen molar-refractivity contribution in [2.75, 3.05) is 39.8 Å². The monoisotopic (exact) mass is 509 g/mol. The highest BCUT2D eigenvalue weighted by Crippen LogP contribution is 2.35. The number of hydrogen-bond donors (Lipinski definition) is 0. The van der Waals surface area contributed by atoms with Crippen LogP contribution >= 0.6 is 11.8 Å². The summed E-state index contributed by atoms with van der Waals surface area (Å²) in [6.07, 6.45) is 4.05. The molecular formula is C21H35NO7S3. The fourth-order valence-electron chi connectivity index (χ4n) is 2.81. The standard InChI is InChI=1S/C21H35NO7S3/c1-21(2,3)18-14-16(10-8-12-28-31(6,24)25)19(30-20(23)22(4)5)17(15-18)11-9-13-29-32(7,26)27/h14-15H,8-13H2,1-7H3. The van der Waals surface area contributed by atoms with Crippen molar-refractivity contribution in [3.8, 4) is 0 Å². The summed E-state index contributed by atoms with van der Waals surface area (Å²) in [5.41, 5.74) is 2.81. The van der Waals surface area contributed by atoms with Crippen LogP contribution in [0, 0.1) is 0 Å². The van der Waals surface area contributed by atoms with Crippen molar-refractivity contribution in [1.29, 1.82) is 0 Å². The highest BCUT2D eigenvalue weighted by molar-refractivity contribution is 8.13. The Morgan fingerprint density at radius 1 is 0.906 bits per heavy atom. The lowest BCUT2D eigenvalue weighted by molar-refractivity contribution is 0.241. The summed E-state index contributed by atoms with van der Waals surface area (Å²) in [4.78, 5) is 14.8. The van der Waals surface area contributed by atoms with Gasteiger partial charge in [-0.15, -0.1) is 0 Å². The van der Waals surface area contributed by atoms with Crippen molar-refractivity contribution in [2.45, 2.75) is 56.8 Å². The second kappa shape index (κ2) is 11.8. The van der Waals surface area contributed by atoms with Crippen molar-refractivity contribution in [3.05, 3.63) is 28.8 Å². The lowest BCUT2D eigenvalue weighted by Gasteiger charge is -2.24. The van der Waals surface area contributed by atoms with Crippen LogP contribution in [0.25, 0.3) is 0 Å². The summed E-state index contributed by atoms with van der Waals surface area (Å²) in [6, 6.07) is 4.12. The van der Waals surface area contributed by atoms with Gasteiger partial charge in [0, 0.05) is 19.0 Å². The van der Waals surface area contributed by atoms with Crippen molar-refractivity contribution in [3.63, 3.8) is 0 Å². The molecule has 11 heteroatoms. The summed E-state index contributed by atoms with van der Waals surface area (Å²) in [5.74, 6) is 0. The van der Waals surface area contributed by atoms with E-state index in [1.54, 1.807) is 14.1 Å². The summed E-state index contributed by atoms with van der Waals surface area (Å²) < 4.78 is 54.8. The van der Waals surface area contributed by atoms with E-state index in [-0.39, 0.29) is 23.9 Å². The quantitative estimate of drug-likeness (QED) is 0.253. The molecule has 0 atom stereocenters. The molecule has 0 radical (unpaired) electrons. The molecule has 0 saturated carbocycles. The van der Waals surface area contributed by atoms with Gasteiger partial charge >= 0.3 is 0 Å². The molecule has 0 spiro atoms. The van der Waals surface area contributed by atoms with E-state index in [1.165, 1.54) is 4.90 Å². The Morgan fingerprint density at radius 3 is 1.62 bits per heavy atom. The second-order valence-electron chi connectivity index (χ2n) is 8.90. The van der Waals surface area contributed by atoms with Gasteiger partial charge < -0.3 is 4.90 Å². The lowest BCUT2D eigenvalue weighted by Crippen LogP contribution is -2.18. The van der Waals surface area contributed by atoms with Gasteiger partial charge in [-0.1, -0.05) is 32.9 Å². The van der Waals surface area contributed by atoms with Crippen molar-refractivity contribution >= 4 is 37.2 Å². The maximum absolute atomic E-state index is 12.5. The molecular weight excluding hydrogens is 474 g/mol. The Kier molecular flexibility index (Phi) is 10.7. The van der Waals surface area contributed by atoms with Crippen LogP contribution in [0.5, 0.6) is 0 Å². The number of aryl methyl sites for hydroxylation is 2.